The molecule has 2 nitrogen and oxygen atoms in total. The third-order valence-electron chi connectivity index (χ3n) is 3.30. The molecule has 0 aliphatic rings. The number of anilines is 1. The second-order valence-corrected chi connectivity index (χ2v) is 6.28. The van der Waals surface area contributed by atoms with E-state index in [2.05, 4.69) is 50.5 Å². The van der Waals surface area contributed by atoms with E-state index in [1.165, 1.54) is 5.56 Å². The predicted octanol–water partition coefficient (Wildman–Crippen LogP) is 5.57. The summed E-state index contributed by atoms with van der Waals surface area (Å²) in [5, 5.41) is 5.24. The molecule has 4 heteroatoms. The Morgan fingerprint density at radius 2 is 1.95 bits per heavy atom. The highest BCUT2D eigenvalue weighted by atomic mass is 79.9. The van der Waals surface area contributed by atoms with Crippen molar-refractivity contribution >= 4 is 44.1 Å². The van der Waals surface area contributed by atoms with Crippen LogP contribution in [0.25, 0.3) is 10.9 Å². The van der Waals surface area contributed by atoms with E-state index in [1.54, 1.807) is 0 Å². The minimum Gasteiger partial charge on any atom is -0.380 e. The number of fused-ring (bicyclic) bond motifs is 1. The molecule has 0 bridgehead atoms. The van der Waals surface area contributed by atoms with Gasteiger partial charge in [0.15, 0.2) is 0 Å². The van der Waals surface area contributed by atoms with Crippen molar-refractivity contribution in [3.8, 4) is 0 Å². The largest absolute Gasteiger partial charge is 0.380 e. The molecule has 0 radical (unpaired) electrons. The summed E-state index contributed by atoms with van der Waals surface area (Å²) in [6.07, 6.45) is 0. The number of pyridine rings is 1. The molecule has 3 rings (SSSR count). The van der Waals surface area contributed by atoms with E-state index in [-0.39, 0.29) is 0 Å². The summed E-state index contributed by atoms with van der Waals surface area (Å²) >= 11 is 9.64. The second kappa shape index (κ2) is 6.04. The fraction of sp³-hybridized carbons (Fsp3) is 0.118. The Morgan fingerprint density at radius 3 is 2.81 bits per heavy atom. The van der Waals surface area contributed by atoms with Crippen LogP contribution < -0.4 is 5.32 Å². The number of benzene rings is 2. The standard InChI is InChI=1S/C17H14BrClN2/c1-11-2-4-13-8-12(3-7-16(13)21-11)10-20-17-9-14(18)5-6-15(17)19/h2-9,20H,10H2,1H3. The van der Waals surface area contributed by atoms with Gasteiger partial charge in [-0.3, -0.25) is 4.98 Å². The van der Waals surface area contributed by atoms with Crippen LogP contribution in [-0.2, 0) is 6.54 Å². The van der Waals surface area contributed by atoms with Gasteiger partial charge in [-0.05, 0) is 48.9 Å². The first-order chi connectivity index (χ1) is 10.1. The van der Waals surface area contributed by atoms with Gasteiger partial charge in [-0.2, -0.15) is 0 Å². The summed E-state index contributed by atoms with van der Waals surface area (Å²) in [5.74, 6) is 0. The maximum Gasteiger partial charge on any atom is 0.0705 e. The average Bonchev–Trinajstić information content (AvgIpc) is 2.48. The predicted molar refractivity (Wildman–Crippen MR) is 93.0 cm³/mol. The molecular weight excluding hydrogens is 348 g/mol. The Labute approximate surface area is 137 Å². The number of nitrogens with one attached hydrogen (secondary N) is 1. The van der Waals surface area contributed by atoms with E-state index in [9.17, 15) is 0 Å². The third-order valence-corrected chi connectivity index (χ3v) is 4.13. The molecule has 3 aromatic rings. The van der Waals surface area contributed by atoms with Crippen molar-refractivity contribution in [3.05, 3.63) is 69.3 Å². The highest BCUT2D eigenvalue weighted by Gasteiger charge is 2.02. The van der Waals surface area contributed by atoms with E-state index in [4.69, 9.17) is 11.6 Å². The minimum atomic E-state index is 0.719. The lowest BCUT2D eigenvalue weighted by Gasteiger charge is -2.10. The lowest BCUT2D eigenvalue weighted by atomic mass is 10.1. The van der Waals surface area contributed by atoms with E-state index in [0.29, 0.717) is 0 Å². The molecule has 0 spiro atoms. The van der Waals surface area contributed by atoms with Crippen molar-refractivity contribution < 1.29 is 0 Å². The van der Waals surface area contributed by atoms with Crippen molar-refractivity contribution in [1.29, 1.82) is 0 Å². The van der Waals surface area contributed by atoms with Crippen LogP contribution in [0.1, 0.15) is 11.3 Å². The monoisotopic (exact) mass is 360 g/mol. The maximum atomic E-state index is 6.18. The van der Waals surface area contributed by atoms with Crippen LogP contribution >= 0.6 is 27.5 Å². The molecular formula is C17H14BrClN2. The number of hydrogen-bond acceptors (Lipinski definition) is 2. The van der Waals surface area contributed by atoms with E-state index in [1.807, 2.05) is 31.2 Å². The molecule has 2 aromatic carbocycles. The number of hydrogen-bond donors (Lipinski definition) is 1. The molecule has 0 amide bonds. The van der Waals surface area contributed by atoms with Crippen molar-refractivity contribution in [3.63, 3.8) is 0 Å². The van der Waals surface area contributed by atoms with Crippen molar-refractivity contribution in [2.75, 3.05) is 5.32 Å². The van der Waals surface area contributed by atoms with E-state index in [0.717, 1.165) is 38.3 Å². The third kappa shape index (κ3) is 3.36. The quantitative estimate of drug-likeness (QED) is 0.659. The molecule has 0 saturated carbocycles. The topological polar surface area (TPSA) is 24.9 Å². The van der Waals surface area contributed by atoms with Crippen LogP contribution in [-0.4, -0.2) is 4.98 Å². The van der Waals surface area contributed by atoms with E-state index >= 15 is 0 Å². The number of aromatic nitrogens is 1. The normalized spacial score (nSPS) is 10.8. The van der Waals surface area contributed by atoms with Crippen LogP contribution in [0.2, 0.25) is 5.02 Å². The molecule has 106 valence electrons. The summed E-state index contributed by atoms with van der Waals surface area (Å²) in [5.41, 5.74) is 4.19. The molecule has 1 heterocycles. The number of aryl methyl sites for hydroxylation is 1. The molecule has 1 aromatic heterocycles. The van der Waals surface area contributed by atoms with Gasteiger partial charge in [0.25, 0.3) is 0 Å². The van der Waals surface area contributed by atoms with Crippen LogP contribution in [0.4, 0.5) is 5.69 Å². The van der Waals surface area contributed by atoms with Crippen molar-refractivity contribution in [2.24, 2.45) is 0 Å². The first-order valence-electron chi connectivity index (χ1n) is 6.67. The van der Waals surface area contributed by atoms with Gasteiger partial charge in [0.2, 0.25) is 0 Å². The minimum absolute atomic E-state index is 0.719. The number of halogens is 2. The van der Waals surface area contributed by atoms with Crippen molar-refractivity contribution in [1.82, 2.24) is 4.98 Å². The van der Waals surface area contributed by atoms with Crippen molar-refractivity contribution in [2.45, 2.75) is 13.5 Å². The summed E-state index contributed by atoms with van der Waals surface area (Å²) in [7, 11) is 0. The summed E-state index contributed by atoms with van der Waals surface area (Å²) in [6, 6.07) is 16.2. The Morgan fingerprint density at radius 1 is 1.10 bits per heavy atom. The zero-order valence-corrected chi connectivity index (χ0v) is 13.9. The van der Waals surface area contributed by atoms with Gasteiger partial charge in [-0.1, -0.05) is 39.7 Å². The van der Waals surface area contributed by atoms with Crippen LogP contribution in [0.3, 0.4) is 0 Å². The lowest BCUT2D eigenvalue weighted by molar-refractivity contribution is 1.15. The highest BCUT2D eigenvalue weighted by molar-refractivity contribution is 9.10. The molecule has 1 N–H and O–H groups in total. The Kier molecular flexibility index (Phi) is 4.13. The summed E-state index contributed by atoms with van der Waals surface area (Å²) < 4.78 is 1.01. The van der Waals surface area contributed by atoms with Gasteiger partial charge in [0.05, 0.1) is 16.2 Å². The van der Waals surface area contributed by atoms with Gasteiger partial charge in [0, 0.05) is 22.1 Å². The average molecular weight is 362 g/mol. The fourth-order valence-corrected chi connectivity index (χ4v) is 2.76. The van der Waals surface area contributed by atoms with Gasteiger partial charge in [-0.25, -0.2) is 0 Å². The first-order valence-corrected chi connectivity index (χ1v) is 7.84. The first kappa shape index (κ1) is 14.4. The summed E-state index contributed by atoms with van der Waals surface area (Å²) in [6.45, 7) is 2.73. The zero-order valence-electron chi connectivity index (χ0n) is 11.5. The molecule has 0 fully saturated rings. The van der Waals surface area contributed by atoms with Crippen LogP contribution in [0.5, 0.6) is 0 Å². The number of rotatable bonds is 3. The van der Waals surface area contributed by atoms with E-state index < -0.39 is 0 Å². The van der Waals surface area contributed by atoms with Crippen LogP contribution in [0, 0.1) is 6.92 Å². The summed E-state index contributed by atoms with van der Waals surface area (Å²) in [4.78, 5) is 4.51. The van der Waals surface area contributed by atoms with Gasteiger partial charge in [-0.15, -0.1) is 0 Å². The highest BCUT2D eigenvalue weighted by Crippen LogP contribution is 2.26. The smallest absolute Gasteiger partial charge is 0.0705 e. The molecule has 0 aliphatic carbocycles. The Hall–Kier alpha value is -1.58. The van der Waals surface area contributed by atoms with Crippen LogP contribution in [0.15, 0.2) is 53.0 Å². The fourth-order valence-electron chi connectivity index (χ4n) is 2.22. The van der Waals surface area contributed by atoms with Gasteiger partial charge in [0.1, 0.15) is 0 Å². The van der Waals surface area contributed by atoms with Gasteiger partial charge >= 0.3 is 0 Å². The second-order valence-electron chi connectivity index (χ2n) is 4.96. The molecule has 0 aliphatic heterocycles. The molecule has 0 unspecified atom stereocenters. The molecule has 0 atom stereocenters. The Balaban J connectivity index is 1.82. The molecule has 21 heavy (non-hydrogen) atoms. The zero-order chi connectivity index (χ0) is 14.8. The maximum absolute atomic E-state index is 6.18. The Bertz CT molecular complexity index is 802. The number of nitrogens with zero attached hydrogens (tertiary/aromatic N) is 1. The van der Waals surface area contributed by atoms with Gasteiger partial charge < -0.3 is 5.32 Å². The molecule has 0 saturated heterocycles. The SMILES string of the molecule is Cc1ccc2cc(CNc3cc(Br)ccc3Cl)ccc2n1. The lowest BCUT2D eigenvalue weighted by Crippen LogP contribution is -2.00.